The lowest BCUT2D eigenvalue weighted by Gasteiger charge is -2.44. The molecule has 0 unspecified atom stereocenters. The third-order valence-electron chi connectivity index (χ3n) is 3.89. The van der Waals surface area contributed by atoms with Crippen LogP contribution in [-0.4, -0.2) is 47.4 Å². The van der Waals surface area contributed by atoms with E-state index >= 15 is 0 Å². The summed E-state index contributed by atoms with van der Waals surface area (Å²) in [6.07, 6.45) is 2.51. The van der Waals surface area contributed by atoms with Gasteiger partial charge in [0.2, 0.25) is 5.91 Å². The van der Waals surface area contributed by atoms with Gasteiger partial charge in [-0.3, -0.25) is 9.69 Å². The van der Waals surface area contributed by atoms with Gasteiger partial charge in [0.1, 0.15) is 0 Å². The Morgan fingerprint density at radius 2 is 1.67 bits per heavy atom. The lowest BCUT2D eigenvalue weighted by molar-refractivity contribution is -0.133. The molecule has 0 spiro atoms. The van der Waals surface area contributed by atoms with Gasteiger partial charge < -0.3 is 4.90 Å². The minimum Gasteiger partial charge on any atom is -0.340 e. The fourth-order valence-corrected chi connectivity index (χ4v) is 2.85. The van der Waals surface area contributed by atoms with Crippen LogP contribution in [0.2, 0.25) is 0 Å². The van der Waals surface area contributed by atoms with E-state index in [1.807, 2.05) is 4.90 Å². The van der Waals surface area contributed by atoms with Crippen LogP contribution in [0.4, 0.5) is 0 Å². The van der Waals surface area contributed by atoms with E-state index in [-0.39, 0.29) is 5.91 Å². The molecule has 0 aromatic heterocycles. The van der Waals surface area contributed by atoms with Crippen molar-refractivity contribution >= 4 is 5.91 Å². The highest BCUT2D eigenvalue weighted by Gasteiger charge is 2.30. The third-order valence-corrected chi connectivity index (χ3v) is 3.89. The Balaban J connectivity index is 2.45. The molecule has 1 fully saturated rings. The molecule has 106 valence electrons. The second kappa shape index (κ2) is 6.05. The van der Waals surface area contributed by atoms with Crippen molar-refractivity contribution in [2.45, 2.75) is 66.5 Å². The van der Waals surface area contributed by atoms with Crippen molar-refractivity contribution in [2.24, 2.45) is 5.41 Å². The summed E-state index contributed by atoms with van der Waals surface area (Å²) in [7, 11) is 0. The normalized spacial score (nSPS) is 26.4. The third kappa shape index (κ3) is 4.60. The smallest absolute Gasteiger partial charge is 0.219 e. The van der Waals surface area contributed by atoms with Gasteiger partial charge in [0, 0.05) is 32.1 Å². The first-order chi connectivity index (χ1) is 8.20. The topological polar surface area (TPSA) is 23.6 Å². The van der Waals surface area contributed by atoms with Gasteiger partial charge in [-0.2, -0.15) is 0 Å². The molecule has 0 saturated carbocycles. The number of piperazine rings is 1. The van der Waals surface area contributed by atoms with E-state index in [4.69, 9.17) is 0 Å². The number of carbonyl (C=O) groups excluding carboxylic acids is 1. The maximum absolute atomic E-state index is 11.4. The summed E-state index contributed by atoms with van der Waals surface area (Å²) in [5.74, 6) is 0.211. The summed E-state index contributed by atoms with van der Waals surface area (Å²) in [5.41, 5.74) is 0.424. The predicted molar refractivity (Wildman–Crippen MR) is 76.6 cm³/mol. The van der Waals surface area contributed by atoms with Crippen molar-refractivity contribution in [2.75, 3.05) is 19.6 Å². The van der Waals surface area contributed by atoms with Crippen LogP contribution in [-0.2, 0) is 4.79 Å². The largest absolute Gasteiger partial charge is 0.340 e. The maximum atomic E-state index is 11.4. The zero-order valence-electron chi connectivity index (χ0n) is 13.0. The zero-order valence-corrected chi connectivity index (χ0v) is 13.0. The molecular formula is C15H30N2O. The van der Waals surface area contributed by atoms with Gasteiger partial charge in [0.15, 0.2) is 0 Å². The maximum Gasteiger partial charge on any atom is 0.219 e. The number of carbonyl (C=O) groups is 1. The average molecular weight is 254 g/mol. The first kappa shape index (κ1) is 15.5. The van der Waals surface area contributed by atoms with Gasteiger partial charge >= 0.3 is 0 Å². The molecule has 0 aromatic rings. The molecular weight excluding hydrogens is 224 g/mol. The summed E-state index contributed by atoms with van der Waals surface area (Å²) in [5, 5.41) is 0. The van der Waals surface area contributed by atoms with Gasteiger partial charge in [-0.1, -0.05) is 20.8 Å². The molecule has 1 heterocycles. The highest BCUT2D eigenvalue weighted by molar-refractivity contribution is 5.73. The fourth-order valence-electron chi connectivity index (χ4n) is 2.85. The second-order valence-corrected chi connectivity index (χ2v) is 7.02. The van der Waals surface area contributed by atoms with Crippen molar-refractivity contribution in [3.05, 3.63) is 0 Å². The molecule has 0 radical (unpaired) electrons. The predicted octanol–water partition coefficient (Wildman–Crippen LogP) is 2.75. The Bertz CT molecular complexity index is 271. The monoisotopic (exact) mass is 254 g/mol. The van der Waals surface area contributed by atoms with Crippen LogP contribution >= 0.6 is 0 Å². The van der Waals surface area contributed by atoms with E-state index < -0.39 is 0 Å². The van der Waals surface area contributed by atoms with Crippen LogP contribution in [0.25, 0.3) is 0 Å². The number of amides is 1. The lowest BCUT2D eigenvalue weighted by Crippen LogP contribution is -2.57. The highest BCUT2D eigenvalue weighted by Crippen LogP contribution is 2.23. The number of hydrogen-bond acceptors (Lipinski definition) is 2. The molecule has 2 atom stereocenters. The van der Waals surface area contributed by atoms with Crippen LogP contribution in [0.5, 0.6) is 0 Å². The van der Waals surface area contributed by atoms with Crippen LogP contribution in [0, 0.1) is 5.41 Å². The van der Waals surface area contributed by atoms with E-state index in [0.717, 1.165) is 19.6 Å². The minimum atomic E-state index is 0.211. The quantitative estimate of drug-likeness (QED) is 0.773. The Morgan fingerprint density at radius 3 is 2.06 bits per heavy atom. The van der Waals surface area contributed by atoms with Gasteiger partial charge in [-0.25, -0.2) is 0 Å². The molecule has 0 bridgehead atoms. The van der Waals surface area contributed by atoms with Crippen molar-refractivity contribution in [1.82, 2.24) is 9.80 Å². The fraction of sp³-hybridized carbons (Fsp3) is 0.933. The highest BCUT2D eigenvalue weighted by atomic mass is 16.2. The van der Waals surface area contributed by atoms with Crippen molar-refractivity contribution in [1.29, 1.82) is 0 Å². The molecule has 1 saturated heterocycles. The van der Waals surface area contributed by atoms with Gasteiger partial charge in [-0.05, 0) is 38.6 Å². The molecule has 0 N–H and O–H groups in total. The summed E-state index contributed by atoms with van der Waals surface area (Å²) < 4.78 is 0. The van der Waals surface area contributed by atoms with Crippen LogP contribution in [0.1, 0.15) is 54.4 Å². The van der Waals surface area contributed by atoms with E-state index in [9.17, 15) is 4.79 Å². The van der Waals surface area contributed by atoms with E-state index in [1.54, 1.807) is 6.92 Å². The molecule has 1 aliphatic heterocycles. The first-order valence-electron chi connectivity index (χ1n) is 7.22. The molecule has 0 aliphatic carbocycles. The summed E-state index contributed by atoms with van der Waals surface area (Å²) >= 11 is 0. The van der Waals surface area contributed by atoms with Gasteiger partial charge in [-0.15, -0.1) is 0 Å². The van der Waals surface area contributed by atoms with E-state index in [2.05, 4.69) is 39.5 Å². The molecule has 1 aliphatic rings. The summed E-state index contributed by atoms with van der Waals surface area (Å²) in [6.45, 7) is 16.0. The Kier molecular flexibility index (Phi) is 5.20. The Labute approximate surface area is 113 Å². The molecule has 18 heavy (non-hydrogen) atoms. The van der Waals surface area contributed by atoms with E-state index in [1.165, 1.54) is 12.8 Å². The number of rotatable bonds is 3. The molecule has 1 amide bonds. The zero-order chi connectivity index (χ0) is 13.9. The Hall–Kier alpha value is -0.570. The van der Waals surface area contributed by atoms with Crippen LogP contribution < -0.4 is 0 Å². The molecule has 3 nitrogen and oxygen atoms in total. The molecule has 0 aromatic carbocycles. The lowest BCUT2D eigenvalue weighted by atomic mass is 9.90. The van der Waals surface area contributed by atoms with Gasteiger partial charge in [0.05, 0.1) is 0 Å². The second-order valence-electron chi connectivity index (χ2n) is 7.02. The van der Waals surface area contributed by atoms with Crippen molar-refractivity contribution in [3.8, 4) is 0 Å². The average Bonchev–Trinajstić information content (AvgIpc) is 2.20. The summed E-state index contributed by atoms with van der Waals surface area (Å²) in [4.78, 5) is 16.0. The molecule has 3 heteroatoms. The number of nitrogens with zero attached hydrogens (tertiary/aromatic N) is 2. The van der Waals surface area contributed by atoms with Crippen molar-refractivity contribution in [3.63, 3.8) is 0 Å². The summed E-state index contributed by atoms with van der Waals surface area (Å²) in [6, 6.07) is 0.968. The molecule has 1 rings (SSSR count). The van der Waals surface area contributed by atoms with Gasteiger partial charge in [0.25, 0.3) is 0 Å². The van der Waals surface area contributed by atoms with Crippen molar-refractivity contribution < 1.29 is 4.79 Å². The van der Waals surface area contributed by atoms with Crippen LogP contribution in [0.15, 0.2) is 0 Å². The minimum absolute atomic E-state index is 0.211. The SMILES string of the molecule is CC(=O)N1C[C@@H](C)N(CCCC(C)(C)C)[C@@H](C)C1. The standard InChI is InChI=1S/C15H30N2O/c1-12-10-16(14(3)18)11-13(2)17(12)9-7-8-15(4,5)6/h12-13H,7-11H2,1-6H3/t12-,13+. The van der Waals surface area contributed by atoms with Crippen LogP contribution in [0.3, 0.4) is 0 Å². The number of hydrogen-bond donors (Lipinski definition) is 0. The van der Waals surface area contributed by atoms with E-state index in [0.29, 0.717) is 17.5 Å². The first-order valence-corrected chi connectivity index (χ1v) is 7.22. The Morgan fingerprint density at radius 1 is 1.17 bits per heavy atom.